The van der Waals surface area contributed by atoms with Gasteiger partial charge in [-0.1, -0.05) is 11.8 Å². The zero-order valence-corrected chi connectivity index (χ0v) is 12.3. The largest absolute Gasteiger partial charge is 0.402 e. The highest BCUT2D eigenvalue weighted by Gasteiger charge is 2.29. The highest BCUT2D eigenvalue weighted by atomic mass is 32.2. The first-order chi connectivity index (χ1) is 9.72. The molecule has 0 amide bonds. The third-order valence-electron chi connectivity index (χ3n) is 2.02. The van der Waals surface area contributed by atoms with Crippen LogP contribution in [0.3, 0.4) is 0 Å². The maximum absolute atomic E-state index is 11.9. The van der Waals surface area contributed by atoms with E-state index in [1.807, 2.05) is 4.72 Å². The van der Waals surface area contributed by atoms with Gasteiger partial charge in [0.2, 0.25) is 0 Å². The lowest BCUT2D eigenvalue weighted by atomic mass is 10.3. The molecule has 1 aromatic heterocycles. The number of hydrogen-bond acceptors (Lipinski definition) is 4. The zero-order valence-electron chi connectivity index (χ0n) is 10.7. The van der Waals surface area contributed by atoms with Gasteiger partial charge in [0, 0.05) is 28.8 Å². The third-order valence-corrected chi connectivity index (χ3v) is 4.01. The number of rotatable bonds is 6. The van der Waals surface area contributed by atoms with Crippen molar-refractivity contribution in [3.8, 4) is 11.8 Å². The summed E-state index contributed by atoms with van der Waals surface area (Å²) >= 11 is 1.23. The normalized spacial score (nSPS) is 12.0. The van der Waals surface area contributed by atoms with Crippen LogP contribution in [-0.2, 0) is 16.8 Å². The summed E-state index contributed by atoms with van der Waals surface area (Å²) in [5.74, 6) is 5.47. The maximum atomic E-state index is 11.9. The monoisotopic (exact) mass is 342 g/mol. The Morgan fingerprint density at radius 3 is 2.67 bits per heavy atom. The Morgan fingerprint density at radius 1 is 1.33 bits per heavy atom. The molecule has 0 aliphatic carbocycles. The fraction of sp³-hybridized carbons (Fsp3) is 0.455. The molecule has 118 valence electrons. The second-order valence-corrected chi connectivity index (χ2v) is 6.42. The predicted octanol–water partition coefficient (Wildman–Crippen LogP) is 0.968. The second-order valence-electron chi connectivity index (χ2n) is 3.84. The van der Waals surface area contributed by atoms with Crippen molar-refractivity contribution in [1.29, 1.82) is 0 Å². The van der Waals surface area contributed by atoms with Crippen LogP contribution < -0.4 is 9.44 Å². The van der Waals surface area contributed by atoms with Crippen LogP contribution in [0, 0.1) is 11.8 Å². The van der Waals surface area contributed by atoms with E-state index < -0.39 is 22.9 Å². The van der Waals surface area contributed by atoms with Gasteiger partial charge >= 0.3 is 6.18 Å². The topological polar surface area (TPSA) is 78.4 Å². The first-order valence-electron chi connectivity index (χ1n) is 5.70. The van der Waals surface area contributed by atoms with E-state index in [-0.39, 0.29) is 13.2 Å². The van der Waals surface area contributed by atoms with Crippen molar-refractivity contribution in [3.63, 3.8) is 0 Å². The Hall–Kier alpha value is -1.12. The molecule has 1 rings (SSSR count). The average molecular weight is 342 g/mol. The van der Waals surface area contributed by atoms with Crippen LogP contribution in [0.5, 0.6) is 0 Å². The molecule has 0 spiro atoms. The average Bonchev–Trinajstić information content (AvgIpc) is 2.82. The van der Waals surface area contributed by atoms with Crippen molar-refractivity contribution in [3.05, 3.63) is 21.9 Å². The molecule has 1 heterocycles. The summed E-state index contributed by atoms with van der Waals surface area (Å²) in [6.45, 7) is -1.79. The van der Waals surface area contributed by atoms with Gasteiger partial charge in [-0.15, -0.1) is 11.3 Å². The number of halogens is 3. The minimum atomic E-state index is -4.60. The summed E-state index contributed by atoms with van der Waals surface area (Å²) in [4.78, 5) is 0.612. The van der Waals surface area contributed by atoms with Crippen molar-refractivity contribution in [1.82, 2.24) is 9.44 Å². The van der Waals surface area contributed by atoms with E-state index in [2.05, 4.69) is 11.8 Å². The van der Waals surface area contributed by atoms with E-state index in [0.29, 0.717) is 16.9 Å². The molecule has 0 aliphatic heterocycles. The van der Waals surface area contributed by atoms with Crippen LogP contribution in [-0.4, -0.2) is 32.9 Å². The Balaban J connectivity index is 2.50. The van der Waals surface area contributed by atoms with Gasteiger partial charge in [-0.05, 0) is 6.07 Å². The summed E-state index contributed by atoms with van der Waals surface area (Å²) in [7, 11) is -4.21. The van der Waals surface area contributed by atoms with Gasteiger partial charge in [0.25, 0.3) is 10.2 Å². The number of thiophene rings is 1. The van der Waals surface area contributed by atoms with E-state index in [1.165, 1.54) is 16.1 Å². The fourth-order valence-corrected chi connectivity index (χ4v) is 2.80. The molecule has 0 fully saturated rings. The zero-order chi connectivity index (χ0) is 15.9. The van der Waals surface area contributed by atoms with Crippen LogP contribution in [0.15, 0.2) is 11.4 Å². The summed E-state index contributed by atoms with van der Waals surface area (Å²) in [5, 5.41) is 10.3. The Bertz CT molecular complexity index is 615. The van der Waals surface area contributed by atoms with E-state index in [1.54, 1.807) is 11.4 Å². The van der Waals surface area contributed by atoms with Crippen molar-refractivity contribution < 1.29 is 26.7 Å². The predicted molar refractivity (Wildman–Crippen MR) is 72.7 cm³/mol. The van der Waals surface area contributed by atoms with E-state index in [4.69, 9.17) is 5.11 Å². The van der Waals surface area contributed by atoms with E-state index in [0.717, 1.165) is 0 Å². The minimum absolute atomic E-state index is 0.0470. The lowest BCUT2D eigenvalue weighted by Crippen LogP contribution is -2.41. The van der Waals surface area contributed by atoms with Gasteiger partial charge in [0.1, 0.15) is 6.54 Å². The Labute approximate surface area is 124 Å². The molecule has 3 N–H and O–H groups in total. The first-order valence-corrected chi connectivity index (χ1v) is 8.06. The third kappa shape index (κ3) is 8.03. The van der Waals surface area contributed by atoms with Crippen molar-refractivity contribution in [2.24, 2.45) is 0 Å². The summed E-state index contributed by atoms with van der Waals surface area (Å²) in [6, 6.07) is 1.63. The summed E-state index contributed by atoms with van der Waals surface area (Å²) < 4.78 is 61.7. The van der Waals surface area contributed by atoms with Gasteiger partial charge in [-0.2, -0.15) is 31.0 Å². The molecule has 21 heavy (non-hydrogen) atoms. The van der Waals surface area contributed by atoms with Crippen molar-refractivity contribution >= 4 is 21.5 Å². The lowest BCUT2D eigenvalue weighted by Gasteiger charge is -2.09. The molecular weight excluding hydrogens is 329 g/mol. The first kappa shape index (κ1) is 17.9. The fourth-order valence-electron chi connectivity index (χ4n) is 1.15. The van der Waals surface area contributed by atoms with Crippen LogP contribution >= 0.6 is 11.3 Å². The Kier molecular flexibility index (Phi) is 6.63. The van der Waals surface area contributed by atoms with Crippen LogP contribution in [0.4, 0.5) is 13.2 Å². The molecule has 0 atom stereocenters. The van der Waals surface area contributed by atoms with E-state index in [9.17, 15) is 21.6 Å². The quantitative estimate of drug-likeness (QED) is 0.674. The second kappa shape index (κ2) is 7.77. The molecule has 0 aliphatic rings. The van der Waals surface area contributed by atoms with Gasteiger partial charge < -0.3 is 5.11 Å². The molecule has 0 aromatic carbocycles. The van der Waals surface area contributed by atoms with Gasteiger partial charge in [-0.25, -0.2) is 0 Å². The number of hydrogen-bond donors (Lipinski definition) is 3. The molecule has 0 saturated carbocycles. The standard InChI is InChI=1S/C11H13F3N2O3S2/c12-11(13,14)8-16-21(18,19)15-6-10-5-9(7-20-10)3-1-2-4-17/h5,7,15-17H,2,4,6,8H2. The van der Waals surface area contributed by atoms with Crippen LogP contribution in [0.2, 0.25) is 0 Å². The highest BCUT2D eigenvalue weighted by molar-refractivity contribution is 7.87. The van der Waals surface area contributed by atoms with E-state index >= 15 is 0 Å². The molecular formula is C11H13F3N2O3S2. The molecule has 0 bridgehead atoms. The van der Waals surface area contributed by atoms with Crippen molar-refractivity contribution in [2.45, 2.75) is 19.1 Å². The molecule has 10 heteroatoms. The van der Waals surface area contributed by atoms with Gasteiger partial charge in [0.05, 0.1) is 6.61 Å². The molecule has 0 saturated heterocycles. The van der Waals surface area contributed by atoms with Gasteiger partial charge in [0.15, 0.2) is 0 Å². The van der Waals surface area contributed by atoms with Gasteiger partial charge in [-0.3, -0.25) is 0 Å². The summed E-state index contributed by atoms with van der Waals surface area (Å²) in [5.41, 5.74) is 0.658. The Morgan fingerprint density at radius 2 is 2.05 bits per heavy atom. The highest BCUT2D eigenvalue weighted by Crippen LogP contribution is 2.14. The smallest absolute Gasteiger partial charge is 0.395 e. The minimum Gasteiger partial charge on any atom is -0.395 e. The number of nitrogens with one attached hydrogen (secondary N) is 2. The molecule has 0 radical (unpaired) electrons. The number of alkyl halides is 3. The van der Waals surface area contributed by atoms with Crippen molar-refractivity contribution in [2.75, 3.05) is 13.2 Å². The molecule has 5 nitrogen and oxygen atoms in total. The molecule has 1 aromatic rings. The lowest BCUT2D eigenvalue weighted by molar-refractivity contribution is -0.121. The van der Waals surface area contributed by atoms with Crippen LogP contribution in [0.1, 0.15) is 16.9 Å². The number of aliphatic hydroxyl groups excluding tert-OH is 1. The number of aliphatic hydroxyl groups is 1. The SMILES string of the molecule is O=S(=O)(NCc1cc(C#CCCO)cs1)NCC(F)(F)F. The maximum Gasteiger partial charge on any atom is 0.402 e. The summed E-state index contributed by atoms with van der Waals surface area (Å²) in [6.07, 6.45) is -4.27. The van der Waals surface area contributed by atoms with Crippen LogP contribution in [0.25, 0.3) is 0 Å². The molecule has 0 unspecified atom stereocenters.